The number of nitro groups is 1. The van der Waals surface area contributed by atoms with Crippen LogP contribution >= 0.6 is 23.2 Å². The van der Waals surface area contributed by atoms with Crippen LogP contribution in [0.25, 0.3) is 0 Å². The fourth-order valence-corrected chi connectivity index (χ4v) is 5.39. The highest BCUT2D eigenvalue weighted by atomic mass is 35.5. The minimum Gasteiger partial charge on any atom is -0.378 e. The van der Waals surface area contributed by atoms with Gasteiger partial charge < -0.3 is 5.32 Å². The predicted octanol–water partition coefficient (Wildman–Crippen LogP) is 6.37. The maximum atomic E-state index is 11.3. The van der Waals surface area contributed by atoms with E-state index in [0.717, 1.165) is 23.2 Å². The van der Waals surface area contributed by atoms with E-state index in [9.17, 15) is 10.1 Å². The van der Waals surface area contributed by atoms with Crippen LogP contribution in [0.4, 0.5) is 11.4 Å². The molecule has 1 aliphatic carbocycles. The summed E-state index contributed by atoms with van der Waals surface area (Å²) in [4.78, 5) is 11.0. The van der Waals surface area contributed by atoms with Crippen LogP contribution in [0.2, 0.25) is 10.0 Å². The van der Waals surface area contributed by atoms with Crippen LogP contribution in [0.1, 0.15) is 34.2 Å². The van der Waals surface area contributed by atoms with Crippen LogP contribution < -0.4 is 5.32 Å². The summed E-state index contributed by atoms with van der Waals surface area (Å²) in [6, 6.07) is 18.8. The number of rotatable bonds is 2. The van der Waals surface area contributed by atoms with Crippen LogP contribution in [-0.4, -0.2) is 4.92 Å². The lowest BCUT2D eigenvalue weighted by molar-refractivity contribution is -0.384. The maximum absolute atomic E-state index is 11.3. The van der Waals surface area contributed by atoms with Crippen molar-refractivity contribution < 1.29 is 4.92 Å². The monoisotopic (exact) mass is 410 g/mol. The summed E-state index contributed by atoms with van der Waals surface area (Å²) in [6.07, 6.45) is 0.863. The molecule has 2 aliphatic rings. The Morgan fingerprint density at radius 3 is 2.46 bits per heavy atom. The number of benzene rings is 3. The van der Waals surface area contributed by atoms with E-state index in [1.807, 2.05) is 30.3 Å². The molecule has 1 aliphatic heterocycles. The van der Waals surface area contributed by atoms with E-state index in [1.54, 1.807) is 12.1 Å². The number of hydrogen-bond donors (Lipinski definition) is 1. The van der Waals surface area contributed by atoms with E-state index in [-0.39, 0.29) is 28.5 Å². The number of nitro benzene ring substituents is 1. The molecule has 3 atom stereocenters. The van der Waals surface area contributed by atoms with E-state index >= 15 is 0 Å². The smallest absolute Gasteiger partial charge is 0.269 e. The molecule has 0 amide bonds. The van der Waals surface area contributed by atoms with Crippen molar-refractivity contribution in [2.45, 2.75) is 18.4 Å². The highest BCUT2D eigenvalue weighted by Crippen LogP contribution is 2.55. The Morgan fingerprint density at radius 2 is 1.71 bits per heavy atom. The number of non-ortho nitro benzene ring substituents is 1. The van der Waals surface area contributed by atoms with Crippen LogP contribution in [0.15, 0.2) is 60.7 Å². The summed E-state index contributed by atoms with van der Waals surface area (Å²) in [5.74, 6) is 0.231. The minimum absolute atomic E-state index is 0.0599. The number of fused-ring (bicyclic) bond motifs is 5. The molecular formula is C22H16Cl2N2O2. The molecule has 28 heavy (non-hydrogen) atoms. The first-order valence-electron chi connectivity index (χ1n) is 9.11. The molecule has 1 heterocycles. The van der Waals surface area contributed by atoms with E-state index in [0.29, 0.717) is 10.0 Å². The number of nitrogens with one attached hydrogen (secondary N) is 1. The lowest BCUT2D eigenvalue weighted by Crippen LogP contribution is -2.30. The van der Waals surface area contributed by atoms with E-state index in [2.05, 4.69) is 17.4 Å². The van der Waals surface area contributed by atoms with Crippen molar-refractivity contribution in [1.29, 1.82) is 0 Å². The van der Waals surface area contributed by atoms with Gasteiger partial charge >= 0.3 is 0 Å². The van der Waals surface area contributed by atoms with E-state index in [4.69, 9.17) is 23.2 Å². The van der Waals surface area contributed by atoms with Crippen molar-refractivity contribution in [2.24, 2.45) is 5.92 Å². The van der Waals surface area contributed by atoms with Gasteiger partial charge in [0.1, 0.15) is 0 Å². The second kappa shape index (κ2) is 6.50. The van der Waals surface area contributed by atoms with Crippen molar-refractivity contribution in [3.63, 3.8) is 0 Å². The molecule has 0 aromatic heterocycles. The van der Waals surface area contributed by atoms with Gasteiger partial charge in [0, 0.05) is 39.3 Å². The summed E-state index contributed by atoms with van der Waals surface area (Å²) in [5.41, 5.74) is 5.35. The summed E-state index contributed by atoms with van der Waals surface area (Å²) in [6.45, 7) is 0. The first kappa shape index (κ1) is 17.5. The minimum atomic E-state index is -0.340. The Hall–Kier alpha value is -2.56. The largest absolute Gasteiger partial charge is 0.378 e. The molecule has 5 rings (SSSR count). The first-order chi connectivity index (χ1) is 13.5. The molecular weight excluding hydrogens is 395 g/mol. The Balaban J connectivity index is 1.72. The molecule has 4 nitrogen and oxygen atoms in total. The highest BCUT2D eigenvalue weighted by molar-refractivity contribution is 6.36. The molecule has 0 spiro atoms. The third-order valence-electron chi connectivity index (χ3n) is 5.90. The van der Waals surface area contributed by atoms with Gasteiger partial charge in [0.15, 0.2) is 0 Å². The van der Waals surface area contributed by atoms with Crippen LogP contribution in [-0.2, 0) is 6.42 Å². The molecule has 140 valence electrons. The molecule has 0 fully saturated rings. The van der Waals surface area contributed by atoms with Crippen molar-refractivity contribution in [1.82, 2.24) is 0 Å². The molecule has 1 N–H and O–H groups in total. The predicted molar refractivity (Wildman–Crippen MR) is 111 cm³/mol. The van der Waals surface area contributed by atoms with Gasteiger partial charge in [-0.2, -0.15) is 0 Å². The normalized spacial score (nSPS) is 22.0. The molecule has 0 bridgehead atoms. The summed E-state index contributed by atoms with van der Waals surface area (Å²) < 4.78 is 0. The van der Waals surface area contributed by atoms with Gasteiger partial charge in [-0.25, -0.2) is 0 Å². The second-order valence-corrected chi connectivity index (χ2v) is 8.14. The lowest BCUT2D eigenvalue weighted by Gasteiger charge is -2.38. The zero-order valence-electron chi connectivity index (χ0n) is 14.7. The SMILES string of the molecule is O=[N+]([O-])c1ccc2c(c1)[C@@H]1c3ccccc3C[C@H]1[C@@H](c1c(Cl)cccc1Cl)N2. The van der Waals surface area contributed by atoms with Gasteiger partial charge in [-0.1, -0.05) is 53.5 Å². The van der Waals surface area contributed by atoms with Gasteiger partial charge in [-0.3, -0.25) is 10.1 Å². The quantitative estimate of drug-likeness (QED) is 0.394. The molecule has 0 saturated carbocycles. The topological polar surface area (TPSA) is 55.2 Å². The summed E-state index contributed by atoms with van der Waals surface area (Å²) in [7, 11) is 0. The Labute approximate surface area is 172 Å². The number of anilines is 1. The molecule has 6 heteroatoms. The summed E-state index contributed by atoms with van der Waals surface area (Å²) >= 11 is 13.1. The number of nitrogens with zero attached hydrogens (tertiary/aromatic N) is 1. The van der Waals surface area contributed by atoms with Gasteiger partial charge in [0.05, 0.1) is 11.0 Å². The zero-order chi connectivity index (χ0) is 19.4. The third kappa shape index (κ3) is 2.60. The standard InChI is InChI=1S/C22H16Cl2N2O2/c23-17-6-3-7-18(24)21(17)22-16-10-12-4-1-2-5-14(12)20(16)15-11-13(26(27)28)8-9-19(15)25-22/h1-9,11,16,20,22,25H,10H2/t16-,20+,22+/m1/s1. The van der Waals surface area contributed by atoms with Crippen molar-refractivity contribution >= 4 is 34.6 Å². The zero-order valence-corrected chi connectivity index (χ0v) is 16.2. The van der Waals surface area contributed by atoms with Crippen LogP contribution in [0, 0.1) is 16.0 Å². The average Bonchev–Trinajstić information content (AvgIpc) is 3.07. The molecule has 3 aromatic rings. The highest BCUT2D eigenvalue weighted by Gasteiger charge is 2.44. The van der Waals surface area contributed by atoms with Crippen LogP contribution in [0.5, 0.6) is 0 Å². The summed E-state index contributed by atoms with van der Waals surface area (Å²) in [5, 5.41) is 16.2. The molecule has 0 unspecified atom stereocenters. The molecule has 0 saturated heterocycles. The van der Waals surface area contributed by atoms with Gasteiger partial charge in [0.25, 0.3) is 5.69 Å². The van der Waals surface area contributed by atoms with Gasteiger partial charge in [0.2, 0.25) is 0 Å². The second-order valence-electron chi connectivity index (χ2n) is 7.33. The Morgan fingerprint density at radius 1 is 0.964 bits per heavy atom. The van der Waals surface area contributed by atoms with Gasteiger partial charge in [-0.05, 0) is 47.2 Å². The lowest BCUT2D eigenvalue weighted by atomic mass is 9.75. The van der Waals surface area contributed by atoms with E-state index in [1.165, 1.54) is 17.2 Å². The molecule has 0 radical (unpaired) electrons. The average molecular weight is 411 g/mol. The Bertz CT molecular complexity index is 1100. The van der Waals surface area contributed by atoms with Crippen LogP contribution in [0.3, 0.4) is 0 Å². The fourth-order valence-electron chi connectivity index (χ4n) is 4.76. The third-order valence-corrected chi connectivity index (χ3v) is 6.56. The van der Waals surface area contributed by atoms with E-state index < -0.39 is 0 Å². The number of hydrogen-bond acceptors (Lipinski definition) is 3. The maximum Gasteiger partial charge on any atom is 0.269 e. The first-order valence-corrected chi connectivity index (χ1v) is 9.87. The number of halogens is 2. The van der Waals surface area contributed by atoms with Crippen molar-refractivity contribution in [2.75, 3.05) is 5.32 Å². The van der Waals surface area contributed by atoms with Gasteiger partial charge in [-0.15, -0.1) is 0 Å². The Kier molecular flexibility index (Phi) is 4.07. The van der Waals surface area contributed by atoms with Crippen molar-refractivity contribution in [3.05, 3.63) is 103 Å². The molecule has 3 aromatic carbocycles. The van der Waals surface area contributed by atoms with Crippen molar-refractivity contribution in [3.8, 4) is 0 Å². The fraction of sp³-hybridized carbons (Fsp3) is 0.182.